The summed E-state index contributed by atoms with van der Waals surface area (Å²) in [6.07, 6.45) is 9.22. The lowest BCUT2D eigenvalue weighted by Crippen LogP contribution is -2.31. The van der Waals surface area contributed by atoms with E-state index in [0.717, 1.165) is 6.61 Å². The van der Waals surface area contributed by atoms with Crippen LogP contribution in [-0.2, 0) is 4.74 Å². The SMILES string of the molecule is CCC(CC)(CCCCCC(C)(C)C)COC(C)(C)C. The molecule has 0 aliphatic heterocycles. The molecule has 0 aromatic carbocycles. The van der Waals surface area contributed by atoms with Crippen LogP contribution in [0, 0.1) is 10.8 Å². The predicted molar refractivity (Wildman–Crippen MR) is 91.3 cm³/mol. The van der Waals surface area contributed by atoms with Crippen LogP contribution < -0.4 is 0 Å². The van der Waals surface area contributed by atoms with E-state index in [1.165, 1.54) is 44.9 Å². The molecule has 0 spiro atoms. The third-order valence-corrected chi connectivity index (χ3v) is 4.45. The van der Waals surface area contributed by atoms with Crippen molar-refractivity contribution in [2.45, 2.75) is 106 Å². The standard InChI is InChI=1S/C19H40O/c1-9-19(10-2,16-20-18(6,7)8)15-13-11-12-14-17(3,4)5/h9-16H2,1-8H3. The molecule has 0 fully saturated rings. The van der Waals surface area contributed by atoms with Gasteiger partial charge in [-0.3, -0.25) is 0 Å². The minimum atomic E-state index is -0.0121. The maximum absolute atomic E-state index is 6.09. The summed E-state index contributed by atoms with van der Waals surface area (Å²) in [5, 5.41) is 0. The third-order valence-electron chi connectivity index (χ3n) is 4.45. The summed E-state index contributed by atoms with van der Waals surface area (Å²) in [4.78, 5) is 0. The Bertz CT molecular complexity index is 237. The van der Waals surface area contributed by atoms with Crippen molar-refractivity contribution >= 4 is 0 Å². The Labute approximate surface area is 128 Å². The first-order valence-electron chi connectivity index (χ1n) is 8.67. The Balaban J connectivity index is 4.13. The van der Waals surface area contributed by atoms with E-state index in [1.807, 2.05) is 0 Å². The van der Waals surface area contributed by atoms with Gasteiger partial charge in [-0.15, -0.1) is 0 Å². The van der Waals surface area contributed by atoms with Crippen LogP contribution in [0.15, 0.2) is 0 Å². The quantitative estimate of drug-likeness (QED) is 0.433. The fourth-order valence-electron chi connectivity index (χ4n) is 2.58. The largest absolute Gasteiger partial charge is 0.375 e. The topological polar surface area (TPSA) is 9.23 Å². The molecule has 0 aromatic rings. The molecule has 0 heterocycles. The van der Waals surface area contributed by atoms with E-state index in [1.54, 1.807) is 0 Å². The van der Waals surface area contributed by atoms with Gasteiger partial charge in [0.15, 0.2) is 0 Å². The van der Waals surface area contributed by atoms with Gasteiger partial charge in [0.25, 0.3) is 0 Å². The molecular weight excluding hydrogens is 244 g/mol. The van der Waals surface area contributed by atoms with Gasteiger partial charge in [-0.2, -0.15) is 0 Å². The molecule has 0 N–H and O–H groups in total. The predicted octanol–water partition coefficient (Wildman–Crippen LogP) is 6.60. The molecule has 0 aliphatic carbocycles. The fraction of sp³-hybridized carbons (Fsp3) is 1.00. The summed E-state index contributed by atoms with van der Waals surface area (Å²) in [6, 6.07) is 0. The van der Waals surface area contributed by atoms with Crippen molar-refractivity contribution in [2.24, 2.45) is 10.8 Å². The maximum atomic E-state index is 6.09. The van der Waals surface area contributed by atoms with Crippen molar-refractivity contribution in [3.8, 4) is 0 Å². The lowest BCUT2D eigenvalue weighted by molar-refractivity contribution is -0.0584. The molecule has 0 bridgehead atoms. The first-order valence-corrected chi connectivity index (χ1v) is 8.67. The summed E-state index contributed by atoms with van der Waals surface area (Å²) >= 11 is 0. The molecule has 1 heteroatoms. The highest BCUT2D eigenvalue weighted by atomic mass is 16.5. The van der Waals surface area contributed by atoms with Gasteiger partial charge in [-0.05, 0) is 57.3 Å². The van der Waals surface area contributed by atoms with E-state index < -0.39 is 0 Å². The molecule has 0 aliphatic rings. The number of unbranched alkanes of at least 4 members (excludes halogenated alkanes) is 2. The highest BCUT2D eigenvalue weighted by molar-refractivity contribution is 4.78. The minimum absolute atomic E-state index is 0.0121. The van der Waals surface area contributed by atoms with E-state index in [0.29, 0.717) is 10.8 Å². The maximum Gasteiger partial charge on any atom is 0.0598 e. The van der Waals surface area contributed by atoms with E-state index in [2.05, 4.69) is 55.4 Å². The fourth-order valence-corrected chi connectivity index (χ4v) is 2.58. The monoisotopic (exact) mass is 284 g/mol. The van der Waals surface area contributed by atoms with Crippen LogP contribution in [0.5, 0.6) is 0 Å². The van der Waals surface area contributed by atoms with Crippen LogP contribution >= 0.6 is 0 Å². The van der Waals surface area contributed by atoms with Crippen LogP contribution in [-0.4, -0.2) is 12.2 Å². The van der Waals surface area contributed by atoms with Crippen LogP contribution in [0.4, 0.5) is 0 Å². The zero-order valence-electron chi connectivity index (χ0n) is 15.6. The van der Waals surface area contributed by atoms with Gasteiger partial charge < -0.3 is 4.74 Å². The van der Waals surface area contributed by atoms with Crippen LogP contribution in [0.1, 0.15) is 100 Å². The summed E-state index contributed by atoms with van der Waals surface area (Å²) in [6.45, 7) is 19.1. The number of hydrogen-bond donors (Lipinski definition) is 0. The zero-order valence-corrected chi connectivity index (χ0v) is 15.6. The molecular formula is C19H40O. The molecule has 0 saturated heterocycles. The number of rotatable bonds is 9. The van der Waals surface area contributed by atoms with Crippen molar-refractivity contribution in [2.75, 3.05) is 6.61 Å². The Morgan fingerprint density at radius 1 is 0.700 bits per heavy atom. The third kappa shape index (κ3) is 9.80. The van der Waals surface area contributed by atoms with Crippen molar-refractivity contribution < 1.29 is 4.74 Å². The van der Waals surface area contributed by atoms with Gasteiger partial charge >= 0.3 is 0 Å². The molecule has 1 nitrogen and oxygen atoms in total. The average molecular weight is 285 g/mol. The van der Waals surface area contributed by atoms with Gasteiger partial charge in [0.1, 0.15) is 0 Å². The molecule has 20 heavy (non-hydrogen) atoms. The van der Waals surface area contributed by atoms with Crippen LogP contribution in [0.2, 0.25) is 0 Å². The van der Waals surface area contributed by atoms with E-state index in [4.69, 9.17) is 4.74 Å². The molecule has 0 aromatic heterocycles. The number of ether oxygens (including phenoxy) is 1. The first kappa shape index (κ1) is 20.0. The van der Waals surface area contributed by atoms with Crippen LogP contribution in [0.25, 0.3) is 0 Å². The smallest absolute Gasteiger partial charge is 0.0598 e. The molecule has 122 valence electrons. The highest BCUT2D eigenvalue weighted by Gasteiger charge is 2.28. The second kappa shape index (κ2) is 8.41. The van der Waals surface area contributed by atoms with E-state index in [-0.39, 0.29) is 5.60 Å². The molecule has 0 unspecified atom stereocenters. The highest BCUT2D eigenvalue weighted by Crippen LogP contribution is 2.35. The Hall–Kier alpha value is -0.0400. The Morgan fingerprint density at radius 2 is 1.20 bits per heavy atom. The lowest BCUT2D eigenvalue weighted by atomic mass is 9.78. The van der Waals surface area contributed by atoms with Gasteiger partial charge in [-0.25, -0.2) is 0 Å². The van der Waals surface area contributed by atoms with E-state index >= 15 is 0 Å². The zero-order chi connectivity index (χ0) is 15.9. The normalized spacial score (nSPS) is 13.8. The summed E-state index contributed by atoms with van der Waals surface area (Å²) in [7, 11) is 0. The molecule has 0 atom stereocenters. The summed E-state index contributed by atoms with van der Waals surface area (Å²) in [5.41, 5.74) is 0.874. The first-order chi connectivity index (χ1) is 9.04. The second-order valence-corrected chi connectivity index (χ2v) is 8.73. The second-order valence-electron chi connectivity index (χ2n) is 8.73. The summed E-state index contributed by atoms with van der Waals surface area (Å²) in [5.74, 6) is 0. The molecule has 0 radical (unpaired) electrons. The van der Waals surface area contributed by atoms with Gasteiger partial charge in [0, 0.05) is 0 Å². The van der Waals surface area contributed by atoms with Crippen molar-refractivity contribution in [1.29, 1.82) is 0 Å². The Kier molecular flexibility index (Phi) is 8.40. The Morgan fingerprint density at radius 3 is 1.60 bits per heavy atom. The van der Waals surface area contributed by atoms with Gasteiger partial charge in [0.05, 0.1) is 12.2 Å². The van der Waals surface area contributed by atoms with Crippen molar-refractivity contribution in [3.63, 3.8) is 0 Å². The van der Waals surface area contributed by atoms with Gasteiger partial charge in [-0.1, -0.05) is 53.9 Å². The lowest BCUT2D eigenvalue weighted by Gasteiger charge is -2.35. The average Bonchev–Trinajstić information content (AvgIpc) is 2.31. The van der Waals surface area contributed by atoms with Crippen LogP contribution in [0.3, 0.4) is 0 Å². The van der Waals surface area contributed by atoms with E-state index in [9.17, 15) is 0 Å². The number of hydrogen-bond acceptors (Lipinski definition) is 1. The summed E-state index contributed by atoms with van der Waals surface area (Å²) < 4.78 is 6.09. The van der Waals surface area contributed by atoms with Crippen molar-refractivity contribution in [3.05, 3.63) is 0 Å². The molecule has 0 rings (SSSR count). The van der Waals surface area contributed by atoms with Gasteiger partial charge in [0.2, 0.25) is 0 Å². The minimum Gasteiger partial charge on any atom is -0.375 e. The molecule has 0 saturated carbocycles. The molecule has 0 amide bonds. The van der Waals surface area contributed by atoms with Crippen molar-refractivity contribution in [1.82, 2.24) is 0 Å².